The summed E-state index contributed by atoms with van der Waals surface area (Å²) in [6.45, 7) is 2.16. The first-order valence-electron chi connectivity index (χ1n) is 6.49. The van der Waals surface area contributed by atoms with Gasteiger partial charge in [-0.25, -0.2) is 9.97 Å². The largest absolute Gasteiger partial charge is 0.367 e. The van der Waals surface area contributed by atoms with Crippen molar-refractivity contribution in [3.05, 3.63) is 18.1 Å². The van der Waals surface area contributed by atoms with Crippen LogP contribution in [0.15, 0.2) is 12.4 Å². The van der Waals surface area contributed by atoms with Crippen molar-refractivity contribution in [2.45, 2.75) is 56.9 Å². The zero-order valence-corrected chi connectivity index (χ0v) is 11.1. The fourth-order valence-corrected chi connectivity index (χ4v) is 2.53. The molecule has 4 heteroatoms. The lowest BCUT2D eigenvalue weighted by atomic mass is 9.95. The minimum absolute atomic E-state index is 0.370. The Balaban J connectivity index is 1.91. The minimum Gasteiger partial charge on any atom is -0.367 e. The minimum atomic E-state index is 0.370. The summed E-state index contributed by atoms with van der Waals surface area (Å²) in [4.78, 5) is 8.54. The van der Waals surface area contributed by atoms with Crippen molar-refractivity contribution in [1.29, 1.82) is 0 Å². The second-order valence-corrected chi connectivity index (χ2v) is 5.36. The van der Waals surface area contributed by atoms with Gasteiger partial charge in [-0.2, -0.15) is 0 Å². The highest BCUT2D eigenvalue weighted by Gasteiger charge is 2.19. The van der Waals surface area contributed by atoms with E-state index in [0.717, 1.165) is 50.0 Å². The lowest BCUT2D eigenvalue weighted by molar-refractivity contribution is 0.467. The van der Waals surface area contributed by atoms with Crippen molar-refractivity contribution in [3.63, 3.8) is 0 Å². The highest BCUT2D eigenvalue weighted by molar-refractivity contribution is 6.20. The first kappa shape index (κ1) is 12.6. The zero-order chi connectivity index (χ0) is 12.1. The van der Waals surface area contributed by atoms with Crippen molar-refractivity contribution in [2.24, 2.45) is 0 Å². The molecule has 1 aliphatic carbocycles. The van der Waals surface area contributed by atoms with Gasteiger partial charge in [-0.1, -0.05) is 13.3 Å². The van der Waals surface area contributed by atoms with Crippen LogP contribution in [0.4, 0.5) is 5.82 Å². The third kappa shape index (κ3) is 3.84. The highest BCUT2D eigenvalue weighted by atomic mass is 35.5. The molecule has 0 saturated heterocycles. The van der Waals surface area contributed by atoms with Gasteiger partial charge in [0, 0.05) is 23.2 Å². The Kier molecular flexibility index (Phi) is 4.60. The fraction of sp³-hybridized carbons (Fsp3) is 0.692. The summed E-state index contributed by atoms with van der Waals surface area (Å²) in [5.41, 5.74) is 1.12. The van der Waals surface area contributed by atoms with E-state index in [9.17, 15) is 0 Å². The van der Waals surface area contributed by atoms with Crippen LogP contribution in [0.3, 0.4) is 0 Å². The molecule has 1 aromatic rings. The molecule has 94 valence electrons. The Labute approximate surface area is 108 Å². The molecule has 0 aromatic carbocycles. The van der Waals surface area contributed by atoms with Gasteiger partial charge in [0.25, 0.3) is 0 Å². The maximum Gasteiger partial charge on any atom is 0.129 e. The van der Waals surface area contributed by atoms with Crippen molar-refractivity contribution >= 4 is 17.4 Å². The molecule has 1 aliphatic rings. The van der Waals surface area contributed by atoms with Crippen molar-refractivity contribution in [1.82, 2.24) is 9.97 Å². The number of rotatable bonds is 4. The molecule has 1 N–H and O–H groups in total. The number of hydrogen-bond donors (Lipinski definition) is 1. The standard InChI is InChI=1S/C13H20ClN3/c1-2-3-12-8-13(16-9-15-12)17-11-6-4-10(14)5-7-11/h8-11H,2-7H2,1H3,(H,15,16,17). The number of aromatic nitrogens is 2. The van der Waals surface area contributed by atoms with E-state index < -0.39 is 0 Å². The molecule has 0 spiro atoms. The van der Waals surface area contributed by atoms with E-state index in [0.29, 0.717) is 11.4 Å². The summed E-state index contributed by atoms with van der Waals surface area (Å²) >= 11 is 6.10. The Morgan fingerprint density at radius 3 is 2.76 bits per heavy atom. The van der Waals surface area contributed by atoms with Crippen LogP contribution in [0.2, 0.25) is 0 Å². The SMILES string of the molecule is CCCc1cc(NC2CCC(Cl)CC2)ncn1. The molecular weight excluding hydrogens is 234 g/mol. The van der Waals surface area contributed by atoms with Gasteiger partial charge in [0.15, 0.2) is 0 Å². The molecule has 1 heterocycles. The number of alkyl halides is 1. The summed E-state index contributed by atoms with van der Waals surface area (Å²) in [5.74, 6) is 0.960. The first-order chi connectivity index (χ1) is 8.28. The predicted octanol–water partition coefficient (Wildman–Crippen LogP) is 3.39. The molecule has 0 atom stereocenters. The Morgan fingerprint density at radius 1 is 1.29 bits per heavy atom. The second-order valence-electron chi connectivity index (χ2n) is 4.74. The monoisotopic (exact) mass is 253 g/mol. The maximum absolute atomic E-state index is 6.10. The highest BCUT2D eigenvalue weighted by Crippen LogP contribution is 2.24. The predicted molar refractivity (Wildman–Crippen MR) is 71.5 cm³/mol. The van der Waals surface area contributed by atoms with E-state index in [1.807, 2.05) is 0 Å². The molecule has 1 fully saturated rings. The van der Waals surface area contributed by atoms with Gasteiger partial charge in [-0.3, -0.25) is 0 Å². The maximum atomic E-state index is 6.10. The van der Waals surface area contributed by atoms with Crippen LogP contribution < -0.4 is 5.32 Å². The van der Waals surface area contributed by atoms with Gasteiger partial charge in [-0.15, -0.1) is 11.6 Å². The van der Waals surface area contributed by atoms with Crippen LogP contribution in [0.25, 0.3) is 0 Å². The van der Waals surface area contributed by atoms with E-state index >= 15 is 0 Å². The summed E-state index contributed by atoms with van der Waals surface area (Å²) in [6.07, 6.45) is 8.28. The normalized spacial score (nSPS) is 24.6. The van der Waals surface area contributed by atoms with Gasteiger partial charge in [0.1, 0.15) is 12.1 Å². The summed E-state index contributed by atoms with van der Waals surface area (Å²) in [7, 11) is 0. The van der Waals surface area contributed by atoms with Crippen LogP contribution in [0.1, 0.15) is 44.7 Å². The molecule has 1 saturated carbocycles. The van der Waals surface area contributed by atoms with Crippen LogP contribution in [-0.2, 0) is 6.42 Å². The molecule has 0 amide bonds. The topological polar surface area (TPSA) is 37.8 Å². The average molecular weight is 254 g/mol. The second kappa shape index (κ2) is 6.20. The summed E-state index contributed by atoms with van der Waals surface area (Å²) in [5, 5.41) is 3.86. The molecule has 17 heavy (non-hydrogen) atoms. The molecule has 3 nitrogen and oxygen atoms in total. The summed E-state index contributed by atoms with van der Waals surface area (Å²) in [6, 6.07) is 2.59. The summed E-state index contributed by atoms with van der Waals surface area (Å²) < 4.78 is 0. The Hall–Kier alpha value is -0.830. The van der Waals surface area contributed by atoms with E-state index in [2.05, 4.69) is 28.3 Å². The number of anilines is 1. The van der Waals surface area contributed by atoms with E-state index in [4.69, 9.17) is 11.6 Å². The fourth-order valence-electron chi connectivity index (χ4n) is 2.28. The first-order valence-corrected chi connectivity index (χ1v) is 6.93. The Morgan fingerprint density at radius 2 is 2.06 bits per heavy atom. The van der Waals surface area contributed by atoms with E-state index in [1.54, 1.807) is 6.33 Å². The molecular formula is C13H20ClN3. The van der Waals surface area contributed by atoms with Crippen molar-refractivity contribution in [3.8, 4) is 0 Å². The number of halogens is 1. The van der Waals surface area contributed by atoms with Crippen LogP contribution in [0.5, 0.6) is 0 Å². The lowest BCUT2D eigenvalue weighted by Crippen LogP contribution is -2.26. The molecule has 0 bridgehead atoms. The number of aryl methyl sites for hydroxylation is 1. The van der Waals surface area contributed by atoms with Crippen LogP contribution in [0, 0.1) is 0 Å². The zero-order valence-electron chi connectivity index (χ0n) is 10.3. The Bertz CT molecular complexity index is 348. The van der Waals surface area contributed by atoms with Crippen molar-refractivity contribution in [2.75, 3.05) is 5.32 Å². The lowest BCUT2D eigenvalue weighted by Gasteiger charge is -2.26. The molecule has 0 unspecified atom stereocenters. The van der Waals surface area contributed by atoms with Gasteiger partial charge >= 0.3 is 0 Å². The van der Waals surface area contributed by atoms with Crippen molar-refractivity contribution < 1.29 is 0 Å². The third-order valence-electron chi connectivity index (χ3n) is 3.24. The smallest absolute Gasteiger partial charge is 0.129 e. The van der Waals surface area contributed by atoms with Gasteiger partial charge in [0.05, 0.1) is 0 Å². The molecule has 0 radical (unpaired) electrons. The van der Waals surface area contributed by atoms with Crippen LogP contribution in [-0.4, -0.2) is 21.4 Å². The van der Waals surface area contributed by atoms with Gasteiger partial charge < -0.3 is 5.32 Å². The number of nitrogens with zero attached hydrogens (tertiary/aromatic N) is 2. The van der Waals surface area contributed by atoms with Crippen LogP contribution >= 0.6 is 11.6 Å². The quantitative estimate of drug-likeness (QED) is 0.836. The third-order valence-corrected chi connectivity index (χ3v) is 3.68. The molecule has 2 rings (SSSR count). The molecule has 0 aliphatic heterocycles. The number of nitrogens with one attached hydrogen (secondary N) is 1. The molecule has 1 aromatic heterocycles. The van der Waals surface area contributed by atoms with Gasteiger partial charge in [-0.05, 0) is 32.1 Å². The average Bonchev–Trinajstić information content (AvgIpc) is 2.33. The van der Waals surface area contributed by atoms with Gasteiger partial charge in [0.2, 0.25) is 0 Å². The number of hydrogen-bond acceptors (Lipinski definition) is 3. The van der Waals surface area contributed by atoms with E-state index in [-0.39, 0.29) is 0 Å². The van der Waals surface area contributed by atoms with E-state index in [1.165, 1.54) is 0 Å².